The van der Waals surface area contributed by atoms with E-state index in [0.717, 1.165) is 68.0 Å². The van der Waals surface area contributed by atoms with Crippen LogP contribution in [0.2, 0.25) is 0 Å². The summed E-state index contributed by atoms with van der Waals surface area (Å²) in [5, 5.41) is 4.42. The number of hydrogen-bond donors (Lipinski definition) is 1. The molecule has 1 aromatic carbocycles. The number of aromatic nitrogens is 2. The maximum atomic E-state index is 11.5. The lowest BCUT2D eigenvalue weighted by molar-refractivity contribution is 0.372. The fourth-order valence-electron chi connectivity index (χ4n) is 3.18. The number of piperazine rings is 1. The van der Waals surface area contributed by atoms with Gasteiger partial charge in [-0.25, -0.2) is 13.4 Å². The molecule has 1 N–H and O–H groups in total. The molecule has 30 heavy (non-hydrogen) atoms. The van der Waals surface area contributed by atoms with Crippen LogP contribution < -0.4 is 10.2 Å². The Balaban J connectivity index is 0.00000320. The standard InChI is InChI=1S/C19H28N6O2S2.HI/c1-4-17-22-19(28-23-17)25-13-11-24(12-14-25)18(20-2)21-10-9-15-5-7-16(8-6-15)29(3,26)27;/h5-8H,4,9-14H2,1-3H3,(H,20,21);1H. The Morgan fingerprint density at radius 3 is 2.40 bits per heavy atom. The number of nitrogens with zero attached hydrogens (tertiary/aromatic N) is 5. The molecule has 0 atom stereocenters. The first-order valence-corrected chi connectivity index (χ1v) is 12.4. The molecular formula is C19H29IN6O2S2. The number of aliphatic imine (C=N–C) groups is 1. The summed E-state index contributed by atoms with van der Waals surface area (Å²) in [5.74, 6) is 1.80. The molecule has 1 saturated heterocycles. The molecule has 11 heteroatoms. The number of benzene rings is 1. The van der Waals surface area contributed by atoms with Crippen LogP contribution in [-0.4, -0.2) is 74.7 Å². The van der Waals surface area contributed by atoms with Gasteiger partial charge in [0.15, 0.2) is 15.8 Å². The van der Waals surface area contributed by atoms with Crippen molar-refractivity contribution in [3.63, 3.8) is 0 Å². The summed E-state index contributed by atoms with van der Waals surface area (Å²) in [7, 11) is -1.35. The van der Waals surface area contributed by atoms with Crippen molar-refractivity contribution in [2.24, 2.45) is 4.99 Å². The van der Waals surface area contributed by atoms with E-state index in [9.17, 15) is 8.42 Å². The molecule has 8 nitrogen and oxygen atoms in total. The summed E-state index contributed by atoms with van der Waals surface area (Å²) < 4.78 is 27.5. The van der Waals surface area contributed by atoms with Crippen molar-refractivity contribution < 1.29 is 8.42 Å². The van der Waals surface area contributed by atoms with Crippen molar-refractivity contribution in [2.75, 3.05) is 50.9 Å². The maximum Gasteiger partial charge on any atom is 0.205 e. The molecule has 0 spiro atoms. The Bertz CT molecular complexity index is 938. The second-order valence-corrected chi connectivity index (χ2v) is 9.71. The fourth-order valence-corrected chi connectivity index (χ4v) is 4.61. The van der Waals surface area contributed by atoms with Crippen molar-refractivity contribution >= 4 is 56.4 Å². The molecule has 1 aromatic heterocycles. The van der Waals surface area contributed by atoms with E-state index in [0.29, 0.717) is 4.90 Å². The van der Waals surface area contributed by atoms with Gasteiger partial charge in [-0.1, -0.05) is 19.1 Å². The van der Waals surface area contributed by atoms with Crippen molar-refractivity contribution in [1.29, 1.82) is 0 Å². The third kappa shape index (κ3) is 6.51. The molecule has 0 aliphatic carbocycles. The first-order chi connectivity index (χ1) is 13.9. The molecule has 3 rings (SSSR count). The number of anilines is 1. The zero-order valence-corrected chi connectivity index (χ0v) is 21.5. The van der Waals surface area contributed by atoms with E-state index in [1.807, 2.05) is 12.1 Å². The second-order valence-electron chi connectivity index (χ2n) is 6.96. The van der Waals surface area contributed by atoms with Crippen molar-refractivity contribution in [1.82, 2.24) is 19.6 Å². The topological polar surface area (TPSA) is 90.8 Å². The van der Waals surface area contributed by atoms with Gasteiger partial charge in [0, 0.05) is 64.0 Å². The Morgan fingerprint density at radius 1 is 1.20 bits per heavy atom. The minimum atomic E-state index is -3.15. The van der Waals surface area contributed by atoms with Crippen LogP contribution >= 0.6 is 35.5 Å². The van der Waals surface area contributed by atoms with Crippen molar-refractivity contribution in [3.8, 4) is 0 Å². The van der Waals surface area contributed by atoms with Gasteiger partial charge in [0.25, 0.3) is 0 Å². The molecule has 2 heterocycles. The number of hydrogen-bond acceptors (Lipinski definition) is 7. The summed E-state index contributed by atoms with van der Waals surface area (Å²) in [6.07, 6.45) is 2.89. The Labute approximate surface area is 199 Å². The van der Waals surface area contributed by atoms with Crippen LogP contribution in [0.25, 0.3) is 0 Å². The fraction of sp³-hybridized carbons (Fsp3) is 0.526. The second kappa shape index (κ2) is 11.2. The van der Waals surface area contributed by atoms with E-state index in [4.69, 9.17) is 0 Å². The monoisotopic (exact) mass is 564 g/mol. The number of guanidine groups is 1. The molecule has 166 valence electrons. The zero-order chi connectivity index (χ0) is 20.9. The molecule has 1 aliphatic rings. The van der Waals surface area contributed by atoms with Gasteiger partial charge in [-0.2, -0.15) is 4.37 Å². The molecular weight excluding hydrogens is 535 g/mol. The number of rotatable bonds is 6. The van der Waals surface area contributed by atoms with Crippen LogP contribution in [-0.2, 0) is 22.7 Å². The van der Waals surface area contributed by atoms with Gasteiger partial charge in [-0.3, -0.25) is 4.99 Å². The van der Waals surface area contributed by atoms with Gasteiger partial charge in [-0.05, 0) is 24.1 Å². The van der Waals surface area contributed by atoms with Gasteiger partial charge in [0.05, 0.1) is 4.90 Å². The lowest BCUT2D eigenvalue weighted by Crippen LogP contribution is -2.52. The van der Waals surface area contributed by atoms with E-state index in [2.05, 4.69) is 36.4 Å². The Hall–Kier alpha value is -1.47. The highest BCUT2D eigenvalue weighted by Gasteiger charge is 2.21. The van der Waals surface area contributed by atoms with Crippen LogP contribution in [0.4, 0.5) is 5.13 Å². The quantitative estimate of drug-likeness (QED) is 0.327. The maximum absolute atomic E-state index is 11.5. The highest BCUT2D eigenvalue weighted by molar-refractivity contribution is 14.0. The highest BCUT2D eigenvalue weighted by Crippen LogP contribution is 2.19. The van der Waals surface area contributed by atoms with E-state index in [1.165, 1.54) is 17.8 Å². The van der Waals surface area contributed by atoms with Crippen LogP contribution in [0, 0.1) is 0 Å². The molecule has 1 fully saturated rings. The summed E-state index contributed by atoms with van der Waals surface area (Å²) in [5.41, 5.74) is 1.09. The molecule has 0 bridgehead atoms. The average molecular weight is 565 g/mol. The van der Waals surface area contributed by atoms with E-state index < -0.39 is 9.84 Å². The van der Waals surface area contributed by atoms with E-state index in [1.54, 1.807) is 19.2 Å². The summed E-state index contributed by atoms with van der Waals surface area (Å²) in [6.45, 7) is 6.35. The SMILES string of the molecule is CCc1nsc(N2CCN(C(=NC)NCCc3ccc(S(C)(=O)=O)cc3)CC2)n1.I. The molecule has 0 amide bonds. The number of nitrogens with one attached hydrogen (secondary N) is 1. The zero-order valence-electron chi connectivity index (χ0n) is 17.5. The van der Waals surface area contributed by atoms with Gasteiger partial charge < -0.3 is 15.1 Å². The van der Waals surface area contributed by atoms with Crippen LogP contribution in [0.1, 0.15) is 18.3 Å². The van der Waals surface area contributed by atoms with Crippen molar-refractivity contribution in [3.05, 3.63) is 35.7 Å². The number of sulfone groups is 1. The largest absolute Gasteiger partial charge is 0.356 e. The normalized spacial score (nSPS) is 15.1. The minimum Gasteiger partial charge on any atom is -0.356 e. The predicted molar refractivity (Wildman–Crippen MR) is 133 cm³/mol. The summed E-state index contributed by atoms with van der Waals surface area (Å²) >= 11 is 1.47. The van der Waals surface area contributed by atoms with Gasteiger partial charge in [0.1, 0.15) is 5.82 Å². The third-order valence-electron chi connectivity index (χ3n) is 4.88. The molecule has 1 aliphatic heterocycles. The molecule has 0 unspecified atom stereocenters. The van der Waals surface area contributed by atoms with Gasteiger partial charge in [-0.15, -0.1) is 24.0 Å². The number of halogens is 1. The molecule has 0 radical (unpaired) electrons. The first kappa shape index (κ1) is 24.8. The Kier molecular flexibility index (Phi) is 9.29. The van der Waals surface area contributed by atoms with Gasteiger partial charge in [0.2, 0.25) is 5.13 Å². The first-order valence-electron chi connectivity index (χ1n) is 9.73. The lowest BCUT2D eigenvalue weighted by atomic mass is 10.1. The summed E-state index contributed by atoms with van der Waals surface area (Å²) in [6, 6.07) is 7.06. The van der Waals surface area contributed by atoms with Crippen molar-refractivity contribution in [2.45, 2.75) is 24.7 Å². The predicted octanol–water partition coefficient (Wildman–Crippen LogP) is 2.06. The minimum absolute atomic E-state index is 0. The number of aryl methyl sites for hydroxylation is 1. The third-order valence-corrected chi connectivity index (χ3v) is 6.83. The van der Waals surface area contributed by atoms with Crippen LogP contribution in [0.5, 0.6) is 0 Å². The molecule has 2 aromatic rings. The van der Waals surface area contributed by atoms with E-state index >= 15 is 0 Å². The van der Waals surface area contributed by atoms with Gasteiger partial charge >= 0.3 is 0 Å². The molecule has 0 saturated carbocycles. The lowest BCUT2D eigenvalue weighted by Gasteiger charge is -2.36. The average Bonchev–Trinajstić information content (AvgIpc) is 3.20. The van der Waals surface area contributed by atoms with Crippen LogP contribution in [0.3, 0.4) is 0 Å². The smallest absolute Gasteiger partial charge is 0.205 e. The van der Waals surface area contributed by atoms with E-state index in [-0.39, 0.29) is 24.0 Å². The summed E-state index contributed by atoms with van der Waals surface area (Å²) in [4.78, 5) is 13.9. The van der Waals surface area contributed by atoms with Crippen LogP contribution in [0.15, 0.2) is 34.2 Å². The Morgan fingerprint density at radius 2 is 1.87 bits per heavy atom. The highest BCUT2D eigenvalue weighted by atomic mass is 127.